The molecule has 2 aliphatic rings. The lowest BCUT2D eigenvalue weighted by Crippen LogP contribution is -2.33. The van der Waals surface area contributed by atoms with E-state index in [1.807, 2.05) is 0 Å². The Hall–Kier alpha value is -3.68. The van der Waals surface area contributed by atoms with Gasteiger partial charge in [0.1, 0.15) is 23.1 Å². The molecule has 4 rings (SSSR count). The standard InChI is InChI=1S/C21H18N2O6/c1-11(24)12-4-6-13(7-5-12)23-20(25)17-18(22-29-19(17)21(23)26)15-9-8-14(27-2)10-16(15)28-3/h4-10,17,19H,1-3H3/t17-,19+/m1/s1. The molecule has 2 atom stereocenters. The highest BCUT2D eigenvalue weighted by molar-refractivity contribution is 6.32. The molecule has 0 unspecified atom stereocenters. The summed E-state index contributed by atoms with van der Waals surface area (Å²) in [5.41, 5.74) is 1.75. The smallest absolute Gasteiger partial charge is 0.278 e. The first-order valence-corrected chi connectivity index (χ1v) is 8.91. The summed E-state index contributed by atoms with van der Waals surface area (Å²) in [6.45, 7) is 1.45. The van der Waals surface area contributed by atoms with Crippen LogP contribution >= 0.6 is 0 Å². The zero-order valence-electron chi connectivity index (χ0n) is 16.0. The van der Waals surface area contributed by atoms with Crippen LogP contribution in [-0.4, -0.2) is 43.6 Å². The van der Waals surface area contributed by atoms with Crippen LogP contribution in [-0.2, 0) is 14.4 Å². The molecule has 1 saturated heterocycles. The summed E-state index contributed by atoms with van der Waals surface area (Å²) in [6.07, 6.45) is -1.03. The molecule has 1 fully saturated rings. The molecule has 2 heterocycles. The normalized spacial score (nSPS) is 20.2. The van der Waals surface area contributed by atoms with Crippen molar-refractivity contribution in [3.05, 3.63) is 53.6 Å². The molecule has 0 bridgehead atoms. The Morgan fingerprint density at radius 3 is 2.38 bits per heavy atom. The van der Waals surface area contributed by atoms with Gasteiger partial charge >= 0.3 is 0 Å². The lowest BCUT2D eigenvalue weighted by atomic mass is 9.93. The van der Waals surface area contributed by atoms with Crippen molar-refractivity contribution in [1.82, 2.24) is 0 Å². The third-order valence-electron chi connectivity index (χ3n) is 5.03. The van der Waals surface area contributed by atoms with Gasteiger partial charge in [-0.1, -0.05) is 5.16 Å². The number of nitrogens with zero attached hydrogens (tertiary/aromatic N) is 2. The van der Waals surface area contributed by atoms with Gasteiger partial charge in [-0.3, -0.25) is 14.4 Å². The van der Waals surface area contributed by atoms with Crippen LogP contribution in [0.2, 0.25) is 0 Å². The van der Waals surface area contributed by atoms with E-state index >= 15 is 0 Å². The minimum absolute atomic E-state index is 0.100. The highest BCUT2D eigenvalue weighted by Gasteiger charge is 2.56. The zero-order valence-corrected chi connectivity index (χ0v) is 16.0. The fraction of sp³-hybridized carbons (Fsp3) is 0.238. The van der Waals surface area contributed by atoms with Gasteiger partial charge in [-0.15, -0.1) is 0 Å². The molecule has 0 aliphatic carbocycles. The number of carbonyl (C=O) groups excluding carboxylic acids is 3. The molecule has 0 aromatic heterocycles. The van der Waals surface area contributed by atoms with Gasteiger partial charge in [0.15, 0.2) is 5.78 Å². The Kier molecular flexibility index (Phi) is 4.54. The fourth-order valence-electron chi connectivity index (χ4n) is 3.51. The van der Waals surface area contributed by atoms with Gasteiger partial charge in [0.25, 0.3) is 5.91 Å². The zero-order chi connectivity index (χ0) is 20.7. The molecule has 8 nitrogen and oxygen atoms in total. The van der Waals surface area contributed by atoms with Gasteiger partial charge < -0.3 is 14.3 Å². The fourth-order valence-corrected chi connectivity index (χ4v) is 3.51. The van der Waals surface area contributed by atoms with Crippen molar-refractivity contribution < 1.29 is 28.7 Å². The van der Waals surface area contributed by atoms with Crippen molar-refractivity contribution >= 4 is 29.0 Å². The Morgan fingerprint density at radius 2 is 1.76 bits per heavy atom. The largest absolute Gasteiger partial charge is 0.497 e. The predicted octanol–water partition coefficient (Wildman–Crippen LogP) is 2.20. The van der Waals surface area contributed by atoms with Crippen LogP contribution in [0.3, 0.4) is 0 Å². The van der Waals surface area contributed by atoms with Crippen LogP contribution in [0, 0.1) is 5.92 Å². The Labute approximate surface area is 166 Å². The number of oxime groups is 1. The number of anilines is 1. The van der Waals surface area contributed by atoms with Crippen LogP contribution in [0.1, 0.15) is 22.8 Å². The number of carbonyl (C=O) groups is 3. The number of fused-ring (bicyclic) bond motifs is 1. The van der Waals surface area contributed by atoms with E-state index in [2.05, 4.69) is 5.16 Å². The van der Waals surface area contributed by atoms with E-state index in [0.29, 0.717) is 34.0 Å². The highest BCUT2D eigenvalue weighted by atomic mass is 16.7. The molecule has 0 radical (unpaired) electrons. The second-order valence-electron chi connectivity index (χ2n) is 6.66. The average molecular weight is 394 g/mol. The maximum atomic E-state index is 13.1. The van der Waals surface area contributed by atoms with E-state index in [0.717, 1.165) is 4.90 Å². The minimum Gasteiger partial charge on any atom is -0.497 e. The summed E-state index contributed by atoms with van der Waals surface area (Å²) in [5, 5.41) is 4.00. The predicted molar refractivity (Wildman–Crippen MR) is 103 cm³/mol. The molecular formula is C21H18N2O6. The number of amides is 2. The molecule has 0 N–H and O–H groups in total. The number of ketones is 1. The number of methoxy groups -OCH3 is 2. The van der Waals surface area contributed by atoms with Crippen LogP contribution < -0.4 is 14.4 Å². The first kappa shape index (κ1) is 18.7. The molecular weight excluding hydrogens is 376 g/mol. The van der Waals surface area contributed by atoms with Gasteiger partial charge in [-0.2, -0.15) is 0 Å². The van der Waals surface area contributed by atoms with E-state index in [9.17, 15) is 14.4 Å². The summed E-state index contributed by atoms with van der Waals surface area (Å²) in [6, 6.07) is 11.4. The topological polar surface area (TPSA) is 94.5 Å². The summed E-state index contributed by atoms with van der Waals surface area (Å²) >= 11 is 0. The molecule has 148 valence electrons. The molecule has 2 aliphatic heterocycles. The van der Waals surface area contributed by atoms with E-state index in [4.69, 9.17) is 14.3 Å². The van der Waals surface area contributed by atoms with E-state index in [1.165, 1.54) is 21.1 Å². The van der Waals surface area contributed by atoms with Crippen LogP contribution in [0.15, 0.2) is 47.6 Å². The number of hydrogen-bond acceptors (Lipinski definition) is 7. The summed E-state index contributed by atoms with van der Waals surface area (Å²) in [5.74, 6) is -0.875. The third kappa shape index (κ3) is 2.93. The van der Waals surface area contributed by atoms with E-state index in [1.54, 1.807) is 42.5 Å². The first-order chi connectivity index (χ1) is 14.0. The van der Waals surface area contributed by atoms with Crippen LogP contribution in [0.25, 0.3) is 0 Å². The van der Waals surface area contributed by atoms with Crippen molar-refractivity contribution in [3.63, 3.8) is 0 Å². The lowest BCUT2D eigenvalue weighted by Gasteiger charge is -2.16. The number of imide groups is 1. The van der Waals surface area contributed by atoms with E-state index in [-0.39, 0.29) is 5.78 Å². The van der Waals surface area contributed by atoms with Crippen molar-refractivity contribution in [3.8, 4) is 11.5 Å². The molecule has 29 heavy (non-hydrogen) atoms. The van der Waals surface area contributed by atoms with Crippen molar-refractivity contribution in [2.75, 3.05) is 19.1 Å². The Morgan fingerprint density at radius 1 is 1.03 bits per heavy atom. The van der Waals surface area contributed by atoms with Crippen molar-refractivity contribution in [1.29, 1.82) is 0 Å². The van der Waals surface area contributed by atoms with Gasteiger partial charge in [0, 0.05) is 17.2 Å². The Bertz CT molecular complexity index is 1040. The quantitative estimate of drug-likeness (QED) is 0.570. The number of Topliss-reactive ketones (excluding diaryl/α,β-unsaturated/α-hetero) is 1. The number of rotatable bonds is 5. The number of ether oxygens (including phenoxy) is 2. The second kappa shape index (κ2) is 7.05. The number of hydrogen-bond donors (Lipinski definition) is 0. The molecule has 0 saturated carbocycles. The summed E-state index contributed by atoms with van der Waals surface area (Å²) in [4.78, 5) is 43.8. The SMILES string of the molecule is COc1ccc(C2=NO[C@@H]3C(=O)N(c4ccc(C(C)=O)cc4)C(=O)[C@H]23)c(OC)c1. The van der Waals surface area contributed by atoms with Gasteiger partial charge in [-0.25, -0.2) is 4.90 Å². The van der Waals surface area contributed by atoms with Crippen molar-refractivity contribution in [2.24, 2.45) is 11.1 Å². The average Bonchev–Trinajstić information content (AvgIpc) is 3.27. The van der Waals surface area contributed by atoms with Gasteiger partial charge in [-0.05, 0) is 43.3 Å². The maximum absolute atomic E-state index is 13.1. The third-order valence-corrected chi connectivity index (χ3v) is 5.03. The second-order valence-corrected chi connectivity index (χ2v) is 6.66. The lowest BCUT2D eigenvalue weighted by molar-refractivity contribution is -0.126. The van der Waals surface area contributed by atoms with Crippen molar-refractivity contribution in [2.45, 2.75) is 13.0 Å². The van der Waals surface area contributed by atoms with Gasteiger partial charge in [0.05, 0.1) is 19.9 Å². The first-order valence-electron chi connectivity index (χ1n) is 8.91. The Balaban J connectivity index is 1.68. The highest BCUT2D eigenvalue weighted by Crippen LogP contribution is 2.38. The summed E-state index contributed by atoms with van der Waals surface area (Å²) in [7, 11) is 3.03. The number of benzene rings is 2. The molecule has 2 amide bonds. The van der Waals surface area contributed by atoms with Gasteiger partial charge in [0.2, 0.25) is 12.0 Å². The molecule has 0 spiro atoms. The molecule has 2 aromatic rings. The maximum Gasteiger partial charge on any atom is 0.278 e. The monoisotopic (exact) mass is 394 g/mol. The molecule has 2 aromatic carbocycles. The molecule has 8 heteroatoms. The minimum atomic E-state index is -1.03. The summed E-state index contributed by atoms with van der Waals surface area (Å²) < 4.78 is 10.6. The van der Waals surface area contributed by atoms with E-state index < -0.39 is 23.8 Å². The van der Waals surface area contributed by atoms with Crippen LogP contribution in [0.5, 0.6) is 11.5 Å². The van der Waals surface area contributed by atoms with Crippen LogP contribution in [0.4, 0.5) is 5.69 Å².